The third-order valence-corrected chi connectivity index (χ3v) is 3.81. The number of carboxylic acids is 1. The molecule has 5 nitrogen and oxygen atoms in total. The second-order valence-electron chi connectivity index (χ2n) is 4.13. The van der Waals surface area contributed by atoms with Crippen LogP contribution in [0.15, 0.2) is 28.7 Å². The number of H-pyrrole nitrogens is 1. The lowest BCUT2D eigenvalue weighted by Gasteiger charge is -2.05. The number of aromatic amines is 1. The molecule has 2 rings (SSSR count). The molecule has 0 unspecified atom stereocenters. The number of carbonyl (C=O) groups excluding carboxylic acids is 1. The number of halogens is 2. The number of nitrogens with one attached hydrogen (secondary N) is 2. The second kappa shape index (κ2) is 5.68. The molecule has 1 heterocycles. The average molecular weight is 358 g/mol. The van der Waals surface area contributed by atoms with Crippen LogP contribution in [0.1, 0.15) is 26.5 Å². The van der Waals surface area contributed by atoms with Crippen LogP contribution in [-0.4, -0.2) is 22.0 Å². The SMILES string of the molecule is Cc1cc(NC(=O)c2ccc(Cl)c(Br)c2)c(C(=O)O)[nH]1. The quantitative estimate of drug-likeness (QED) is 0.783. The van der Waals surface area contributed by atoms with Gasteiger partial charge in [-0.3, -0.25) is 4.79 Å². The Hall–Kier alpha value is -1.79. The lowest BCUT2D eigenvalue weighted by atomic mass is 10.2. The number of aryl methyl sites for hydroxylation is 1. The molecule has 0 saturated carbocycles. The van der Waals surface area contributed by atoms with E-state index in [2.05, 4.69) is 26.2 Å². The lowest BCUT2D eigenvalue weighted by molar-refractivity contribution is 0.0692. The molecule has 3 N–H and O–H groups in total. The second-order valence-corrected chi connectivity index (χ2v) is 5.39. The molecule has 0 atom stereocenters. The third-order valence-electron chi connectivity index (χ3n) is 2.60. The lowest BCUT2D eigenvalue weighted by Crippen LogP contribution is -2.14. The summed E-state index contributed by atoms with van der Waals surface area (Å²) < 4.78 is 0.593. The summed E-state index contributed by atoms with van der Waals surface area (Å²) in [6.45, 7) is 1.71. The van der Waals surface area contributed by atoms with Gasteiger partial charge in [-0.05, 0) is 47.1 Å². The van der Waals surface area contributed by atoms with Crippen LogP contribution in [0.25, 0.3) is 0 Å². The van der Waals surface area contributed by atoms with Crippen molar-refractivity contribution in [2.45, 2.75) is 6.92 Å². The van der Waals surface area contributed by atoms with E-state index in [0.717, 1.165) is 0 Å². The van der Waals surface area contributed by atoms with Gasteiger partial charge in [-0.2, -0.15) is 0 Å². The van der Waals surface area contributed by atoms with Gasteiger partial charge in [-0.1, -0.05) is 11.6 Å². The average Bonchev–Trinajstić information content (AvgIpc) is 2.73. The van der Waals surface area contributed by atoms with Crippen molar-refractivity contribution in [1.82, 2.24) is 4.98 Å². The van der Waals surface area contributed by atoms with Crippen LogP contribution < -0.4 is 5.32 Å². The van der Waals surface area contributed by atoms with E-state index in [9.17, 15) is 9.59 Å². The maximum Gasteiger partial charge on any atom is 0.354 e. The highest BCUT2D eigenvalue weighted by atomic mass is 79.9. The van der Waals surface area contributed by atoms with Crippen LogP contribution in [-0.2, 0) is 0 Å². The summed E-state index contributed by atoms with van der Waals surface area (Å²) in [4.78, 5) is 25.8. The summed E-state index contributed by atoms with van der Waals surface area (Å²) in [5, 5.41) is 12.1. The van der Waals surface area contributed by atoms with Crippen LogP contribution in [0.4, 0.5) is 5.69 Å². The number of amides is 1. The zero-order chi connectivity index (χ0) is 14.9. The van der Waals surface area contributed by atoms with Crippen molar-refractivity contribution in [1.29, 1.82) is 0 Å². The minimum absolute atomic E-state index is 0.0520. The Balaban J connectivity index is 2.27. The smallest absolute Gasteiger partial charge is 0.354 e. The fraction of sp³-hybridized carbons (Fsp3) is 0.0769. The van der Waals surface area contributed by atoms with Crippen LogP contribution >= 0.6 is 27.5 Å². The molecule has 1 aromatic carbocycles. The van der Waals surface area contributed by atoms with E-state index < -0.39 is 11.9 Å². The Labute approximate surface area is 128 Å². The number of hydrogen-bond donors (Lipinski definition) is 3. The van der Waals surface area contributed by atoms with E-state index >= 15 is 0 Å². The summed E-state index contributed by atoms with van der Waals surface area (Å²) in [7, 11) is 0. The number of carbonyl (C=O) groups is 2. The fourth-order valence-electron chi connectivity index (χ4n) is 1.69. The molecular formula is C13H10BrClN2O3. The molecule has 0 aliphatic rings. The Morgan fingerprint density at radius 3 is 2.65 bits per heavy atom. The third kappa shape index (κ3) is 3.02. The molecule has 0 bridgehead atoms. The first-order valence-corrected chi connectivity index (χ1v) is 6.75. The van der Waals surface area contributed by atoms with Crippen LogP contribution in [0, 0.1) is 6.92 Å². The molecule has 104 valence electrons. The number of benzene rings is 1. The van der Waals surface area contributed by atoms with Gasteiger partial charge in [0.2, 0.25) is 0 Å². The standard InChI is InChI=1S/C13H10BrClN2O3/c1-6-4-10(11(16-6)13(19)20)17-12(18)7-2-3-9(15)8(14)5-7/h2-5,16H,1H3,(H,17,18)(H,19,20). The van der Waals surface area contributed by atoms with Crippen molar-refractivity contribution >= 4 is 45.1 Å². The molecule has 0 aliphatic carbocycles. The Morgan fingerprint density at radius 1 is 1.35 bits per heavy atom. The summed E-state index contributed by atoms with van der Waals surface area (Å²) in [6, 6.07) is 6.27. The predicted octanol–water partition coefficient (Wildman–Crippen LogP) is 3.69. The maximum absolute atomic E-state index is 12.1. The molecule has 1 aromatic heterocycles. The van der Waals surface area contributed by atoms with Gasteiger partial charge in [0.1, 0.15) is 5.69 Å². The number of aromatic nitrogens is 1. The van der Waals surface area contributed by atoms with Crippen molar-refractivity contribution in [2.24, 2.45) is 0 Å². The number of hydrogen-bond acceptors (Lipinski definition) is 2. The molecular weight excluding hydrogens is 348 g/mol. The van der Waals surface area contributed by atoms with Crippen molar-refractivity contribution in [2.75, 3.05) is 5.32 Å². The molecule has 0 fully saturated rings. The molecule has 1 amide bonds. The van der Waals surface area contributed by atoms with Gasteiger partial charge in [0.25, 0.3) is 5.91 Å². The highest BCUT2D eigenvalue weighted by Crippen LogP contribution is 2.24. The van der Waals surface area contributed by atoms with Crippen molar-refractivity contribution in [3.05, 3.63) is 50.7 Å². The molecule has 20 heavy (non-hydrogen) atoms. The van der Waals surface area contributed by atoms with E-state index in [0.29, 0.717) is 20.8 Å². The van der Waals surface area contributed by atoms with Crippen LogP contribution in [0.5, 0.6) is 0 Å². The van der Waals surface area contributed by atoms with Gasteiger partial charge in [-0.25, -0.2) is 4.79 Å². The summed E-state index contributed by atoms with van der Waals surface area (Å²) in [5.74, 6) is -1.55. The van der Waals surface area contributed by atoms with E-state index in [1.807, 2.05) is 0 Å². The summed E-state index contributed by atoms with van der Waals surface area (Å²) >= 11 is 9.08. The van der Waals surface area contributed by atoms with Crippen molar-refractivity contribution in [3.8, 4) is 0 Å². The van der Waals surface area contributed by atoms with E-state index in [1.54, 1.807) is 31.2 Å². The van der Waals surface area contributed by atoms with Gasteiger partial charge in [0.05, 0.1) is 10.7 Å². The number of rotatable bonds is 3. The minimum atomic E-state index is -1.13. The number of carboxylic acid groups (broad SMARTS) is 1. The van der Waals surface area contributed by atoms with Crippen LogP contribution in [0.3, 0.4) is 0 Å². The normalized spacial score (nSPS) is 10.3. The topological polar surface area (TPSA) is 82.2 Å². The van der Waals surface area contributed by atoms with Gasteiger partial charge in [-0.15, -0.1) is 0 Å². The van der Waals surface area contributed by atoms with Gasteiger partial charge < -0.3 is 15.4 Å². The van der Waals surface area contributed by atoms with E-state index in [-0.39, 0.29) is 11.4 Å². The molecule has 0 aliphatic heterocycles. The monoisotopic (exact) mass is 356 g/mol. The summed E-state index contributed by atoms with van der Waals surface area (Å²) in [5.41, 5.74) is 1.20. The molecule has 0 saturated heterocycles. The van der Waals surface area contributed by atoms with Crippen molar-refractivity contribution in [3.63, 3.8) is 0 Å². The zero-order valence-electron chi connectivity index (χ0n) is 10.3. The van der Waals surface area contributed by atoms with Gasteiger partial charge in [0.15, 0.2) is 0 Å². The number of aromatic carboxylic acids is 1. The largest absolute Gasteiger partial charge is 0.477 e. The zero-order valence-corrected chi connectivity index (χ0v) is 12.7. The van der Waals surface area contributed by atoms with Gasteiger partial charge >= 0.3 is 5.97 Å². The molecule has 2 aromatic rings. The number of anilines is 1. The van der Waals surface area contributed by atoms with Crippen molar-refractivity contribution < 1.29 is 14.7 Å². The Kier molecular flexibility index (Phi) is 4.15. The van der Waals surface area contributed by atoms with E-state index in [4.69, 9.17) is 16.7 Å². The minimum Gasteiger partial charge on any atom is -0.477 e. The summed E-state index contributed by atoms with van der Waals surface area (Å²) in [6.07, 6.45) is 0. The molecule has 0 radical (unpaired) electrons. The first-order chi connectivity index (χ1) is 9.38. The van der Waals surface area contributed by atoms with Crippen LogP contribution in [0.2, 0.25) is 5.02 Å². The Morgan fingerprint density at radius 2 is 2.05 bits per heavy atom. The highest BCUT2D eigenvalue weighted by Gasteiger charge is 2.16. The van der Waals surface area contributed by atoms with Gasteiger partial charge in [0, 0.05) is 15.7 Å². The maximum atomic E-state index is 12.1. The predicted molar refractivity (Wildman–Crippen MR) is 79.6 cm³/mol. The Bertz CT molecular complexity index is 697. The highest BCUT2D eigenvalue weighted by molar-refractivity contribution is 9.10. The first kappa shape index (κ1) is 14.6. The first-order valence-electron chi connectivity index (χ1n) is 5.58. The van der Waals surface area contributed by atoms with E-state index in [1.165, 1.54) is 0 Å². The molecule has 0 spiro atoms. The fourth-order valence-corrected chi connectivity index (χ4v) is 2.18. The molecule has 7 heteroatoms.